The number of hydrogen-bond donors (Lipinski definition) is 0. The largest absolute Gasteiger partial charge is 0.454 e. The van der Waals surface area contributed by atoms with Gasteiger partial charge in [0, 0.05) is 0 Å². The Bertz CT molecular complexity index is 445. The number of halogens is 2. The van der Waals surface area contributed by atoms with Crippen LogP contribution in [0.5, 0.6) is 11.5 Å². The van der Waals surface area contributed by atoms with Crippen LogP contribution >= 0.6 is 22.2 Å². The van der Waals surface area contributed by atoms with Crippen molar-refractivity contribution in [1.29, 1.82) is 0 Å². The van der Waals surface area contributed by atoms with Crippen LogP contribution in [0.3, 0.4) is 0 Å². The first-order valence-electron chi connectivity index (χ1n) is 6.46. The van der Waals surface area contributed by atoms with Crippen LogP contribution in [-0.2, 0) is 0 Å². The summed E-state index contributed by atoms with van der Waals surface area (Å²) in [5, 5.41) is 1.06. The molecular formula is C13H16Cl2O2Si. The van der Waals surface area contributed by atoms with Crippen molar-refractivity contribution < 1.29 is 9.47 Å². The van der Waals surface area contributed by atoms with E-state index < -0.39 is 6.69 Å². The molecule has 1 aliphatic carbocycles. The minimum absolute atomic E-state index is 0.293. The molecule has 18 heavy (non-hydrogen) atoms. The first kappa shape index (κ1) is 12.6. The van der Waals surface area contributed by atoms with Crippen LogP contribution in [0.2, 0.25) is 5.54 Å². The van der Waals surface area contributed by atoms with Gasteiger partial charge in [-0.1, -0.05) is 38.2 Å². The van der Waals surface area contributed by atoms with E-state index in [2.05, 4.69) is 0 Å². The van der Waals surface area contributed by atoms with Crippen LogP contribution in [0, 0.1) is 0 Å². The van der Waals surface area contributed by atoms with Gasteiger partial charge in [-0.2, -0.15) is 0 Å². The van der Waals surface area contributed by atoms with Crippen LogP contribution in [0.4, 0.5) is 0 Å². The van der Waals surface area contributed by atoms with Gasteiger partial charge in [-0.25, -0.2) is 0 Å². The van der Waals surface area contributed by atoms with Gasteiger partial charge >= 0.3 is 0 Å². The summed E-state index contributed by atoms with van der Waals surface area (Å²) in [6, 6.07) is 5.91. The quantitative estimate of drug-likeness (QED) is 0.610. The number of benzene rings is 1. The fraction of sp³-hybridized carbons (Fsp3) is 0.538. The van der Waals surface area contributed by atoms with Crippen molar-refractivity contribution in [2.45, 2.75) is 37.6 Å². The van der Waals surface area contributed by atoms with Crippen molar-refractivity contribution in [3.8, 4) is 11.5 Å². The average Bonchev–Trinajstić information content (AvgIpc) is 2.87. The maximum Gasteiger partial charge on any atom is 0.283 e. The number of ether oxygens (including phenoxy) is 2. The number of fused-ring (bicyclic) bond motifs is 1. The minimum atomic E-state index is -2.41. The minimum Gasteiger partial charge on any atom is -0.454 e. The molecule has 2 aliphatic rings. The first-order chi connectivity index (χ1) is 8.68. The van der Waals surface area contributed by atoms with Crippen molar-refractivity contribution in [1.82, 2.24) is 0 Å². The summed E-state index contributed by atoms with van der Waals surface area (Å²) in [7, 11) is 0. The van der Waals surface area contributed by atoms with E-state index in [1.165, 1.54) is 19.3 Å². The van der Waals surface area contributed by atoms with Gasteiger partial charge in [-0.05, 0) is 22.9 Å². The van der Waals surface area contributed by atoms with Gasteiger partial charge in [-0.3, -0.25) is 0 Å². The van der Waals surface area contributed by atoms with E-state index in [1.54, 1.807) is 0 Å². The van der Waals surface area contributed by atoms with Gasteiger partial charge in [0.2, 0.25) is 6.79 Å². The summed E-state index contributed by atoms with van der Waals surface area (Å²) < 4.78 is 10.7. The molecule has 1 aromatic carbocycles. The maximum absolute atomic E-state index is 6.75. The van der Waals surface area contributed by atoms with Gasteiger partial charge in [0.1, 0.15) is 0 Å². The van der Waals surface area contributed by atoms with E-state index >= 15 is 0 Å². The zero-order valence-electron chi connectivity index (χ0n) is 10.1. The molecule has 1 fully saturated rings. The molecule has 1 aromatic rings. The Labute approximate surface area is 118 Å². The van der Waals surface area contributed by atoms with Crippen molar-refractivity contribution in [3.05, 3.63) is 18.2 Å². The monoisotopic (exact) mass is 302 g/mol. The lowest BCUT2D eigenvalue weighted by molar-refractivity contribution is 0.174. The van der Waals surface area contributed by atoms with Crippen molar-refractivity contribution in [2.75, 3.05) is 6.79 Å². The second kappa shape index (κ2) is 4.95. The molecule has 1 saturated carbocycles. The van der Waals surface area contributed by atoms with Crippen molar-refractivity contribution in [2.24, 2.45) is 0 Å². The van der Waals surface area contributed by atoms with E-state index in [-0.39, 0.29) is 0 Å². The van der Waals surface area contributed by atoms with E-state index in [0.29, 0.717) is 12.3 Å². The second-order valence-electron chi connectivity index (χ2n) is 5.03. The predicted molar refractivity (Wildman–Crippen MR) is 76.5 cm³/mol. The van der Waals surface area contributed by atoms with Crippen LogP contribution in [0.25, 0.3) is 0 Å². The van der Waals surface area contributed by atoms with E-state index in [1.807, 2.05) is 18.2 Å². The Morgan fingerprint density at radius 2 is 1.72 bits per heavy atom. The summed E-state index contributed by atoms with van der Waals surface area (Å²) >= 11 is 13.5. The molecule has 0 amide bonds. The molecule has 0 N–H and O–H groups in total. The molecule has 5 heteroatoms. The Morgan fingerprint density at radius 1 is 1.00 bits per heavy atom. The summed E-state index contributed by atoms with van der Waals surface area (Å²) in [5.74, 6) is 1.57. The molecule has 2 nitrogen and oxygen atoms in total. The molecule has 0 atom stereocenters. The maximum atomic E-state index is 6.75. The fourth-order valence-electron chi connectivity index (χ4n) is 2.80. The third kappa shape index (κ3) is 2.24. The lowest BCUT2D eigenvalue weighted by atomic mass is 10.0. The number of rotatable bonds is 2. The zero-order valence-corrected chi connectivity index (χ0v) is 12.6. The lowest BCUT2D eigenvalue weighted by Crippen LogP contribution is -2.42. The molecule has 0 aromatic heterocycles. The summed E-state index contributed by atoms with van der Waals surface area (Å²) in [6.07, 6.45) is 6.14. The topological polar surface area (TPSA) is 18.5 Å². The van der Waals surface area contributed by atoms with E-state index in [9.17, 15) is 0 Å². The zero-order chi connectivity index (χ0) is 12.6. The first-order valence-corrected chi connectivity index (χ1v) is 10.6. The van der Waals surface area contributed by atoms with Gasteiger partial charge in [0.25, 0.3) is 6.69 Å². The smallest absolute Gasteiger partial charge is 0.283 e. The van der Waals surface area contributed by atoms with Crippen LogP contribution in [0.1, 0.15) is 32.1 Å². The Kier molecular flexibility index (Phi) is 3.48. The van der Waals surface area contributed by atoms with Crippen molar-refractivity contribution >= 4 is 34.0 Å². The molecule has 0 saturated heterocycles. The molecule has 3 rings (SSSR count). The summed E-state index contributed by atoms with van der Waals surface area (Å²) in [4.78, 5) is 0. The molecule has 1 heterocycles. The molecular weight excluding hydrogens is 287 g/mol. The van der Waals surface area contributed by atoms with Gasteiger partial charge in [0.15, 0.2) is 11.5 Å². The average molecular weight is 303 g/mol. The van der Waals surface area contributed by atoms with Gasteiger partial charge in [0.05, 0.1) is 0 Å². The van der Waals surface area contributed by atoms with Crippen LogP contribution in [-0.4, -0.2) is 13.5 Å². The predicted octanol–water partition coefficient (Wildman–Crippen LogP) is 3.88. The van der Waals surface area contributed by atoms with Crippen LogP contribution in [0.15, 0.2) is 18.2 Å². The van der Waals surface area contributed by atoms with Gasteiger partial charge < -0.3 is 9.47 Å². The third-order valence-electron chi connectivity index (χ3n) is 3.88. The van der Waals surface area contributed by atoms with E-state index in [0.717, 1.165) is 29.5 Å². The molecule has 98 valence electrons. The third-order valence-corrected chi connectivity index (χ3v) is 9.72. The fourth-order valence-corrected chi connectivity index (χ4v) is 7.05. The Balaban J connectivity index is 1.87. The SMILES string of the molecule is Cl[Si](Cl)(c1ccc2c(c1)OCO2)C1CCCCC1. The highest BCUT2D eigenvalue weighted by atomic mass is 35.7. The van der Waals surface area contributed by atoms with Crippen LogP contribution < -0.4 is 14.7 Å². The normalized spacial score (nSPS) is 20.1. The summed E-state index contributed by atoms with van der Waals surface area (Å²) in [6.45, 7) is -2.12. The highest BCUT2D eigenvalue weighted by Gasteiger charge is 2.41. The molecule has 0 radical (unpaired) electrons. The number of hydrogen-bond acceptors (Lipinski definition) is 2. The van der Waals surface area contributed by atoms with Gasteiger partial charge in [-0.15, -0.1) is 22.2 Å². The highest BCUT2D eigenvalue weighted by molar-refractivity contribution is 7.51. The molecule has 0 spiro atoms. The second-order valence-corrected chi connectivity index (χ2v) is 11.8. The Hall–Kier alpha value is -0.383. The molecule has 0 bridgehead atoms. The Morgan fingerprint density at radius 3 is 2.50 bits per heavy atom. The lowest BCUT2D eigenvalue weighted by Gasteiger charge is -2.31. The standard InChI is InChI=1S/C13H16Cl2O2Si/c14-18(15,10-4-2-1-3-5-10)11-6-7-12-13(8-11)17-9-16-12/h6-8,10H,1-5,9H2. The molecule has 1 aliphatic heterocycles. The summed E-state index contributed by atoms with van der Waals surface area (Å²) in [5.41, 5.74) is 0.468. The van der Waals surface area contributed by atoms with E-state index in [4.69, 9.17) is 31.6 Å². The highest BCUT2D eigenvalue weighted by Crippen LogP contribution is 2.42. The molecule has 0 unspecified atom stereocenters. The van der Waals surface area contributed by atoms with Crippen molar-refractivity contribution in [3.63, 3.8) is 0 Å².